The molecule has 0 aliphatic heterocycles. The number of alkyl halides is 3. The summed E-state index contributed by atoms with van der Waals surface area (Å²) in [6.07, 6.45) is -5.21. The van der Waals surface area contributed by atoms with E-state index in [1.54, 1.807) is 12.1 Å². The lowest BCUT2D eigenvalue weighted by atomic mass is 10.1. The second-order valence-corrected chi connectivity index (χ2v) is 6.89. The van der Waals surface area contributed by atoms with Crippen molar-refractivity contribution in [3.05, 3.63) is 53.9 Å². The molecule has 3 N–H and O–H groups in total. The number of aryl methyl sites for hydroxylation is 1. The van der Waals surface area contributed by atoms with E-state index in [1.807, 2.05) is 55.8 Å². The highest BCUT2D eigenvalue weighted by molar-refractivity contribution is 5.93. The van der Waals surface area contributed by atoms with Crippen molar-refractivity contribution in [1.29, 1.82) is 0 Å². The standard InChI is InChI=1S/C19H21N3O3.C2HF3O2/c1-12(2)25-18-13(19(23)24)7-6-9-15(18)20-11-17-21-14-8-4-5-10-16(14)22(17)3;3-2(4,5)1(6)7/h4-10,12,20H,11H2,1-3H3,(H,23,24);(H,6,7). The molecule has 0 radical (unpaired) electrons. The molecule has 0 saturated carbocycles. The van der Waals surface area contributed by atoms with Crippen molar-refractivity contribution < 1.29 is 37.7 Å². The van der Waals surface area contributed by atoms with E-state index in [0.29, 0.717) is 18.0 Å². The first-order valence-corrected chi connectivity index (χ1v) is 9.39. The number of aromatic carboxylic acids is 1. The van der Waals surface area contributed by atoms with E-state index in [2.05, 4.69) is 10.3 Å². The molecule has 32 heavy (non-hydrogen) atoms. The average Bonchev–Trinajstić information content (AvgIpc) is 3.02. The van der Waals surface area contributed by atoms with Crippen LogP contribution in [0.2, 0.25) is 0 Å². The zero-order chi connectivity index (χ0) is 24.1. The summed E-state index contributed by atoms with van der Waals surface area (Å²) in [5, 5.41) is 19.8. The summed E-state index contributed by atoms with van der Waals surface area (Å²) in [6, 6.07) is 13.0. The molecule has 0 unspecified atom stereocenters. The Morgan fingerprint density at radius 3 is 2.28 bits per heavy atom. The number of benzene rings is 2. The molecule has 11 heteroatoms. The molecule has 0 aliphatic carbocycles. The van der Waals surface area contributed by atoms with Gasteiger partial charge in [-0.25, -0.2) is 14.6 Å². The number of anilines is 1. The second-order valence-electron chi connectivity index (χ2n) is 6.89. The summed E-state index contributed by atoms with van der Waals surface area (Å²) in [4.78, 5) is 25.0. The van der Waals surface area contributed by atoms with Gasteiger partial charge in [0.1, 0.15) is 11.4 Å². The monoisotopic (exact) mass is 453 g/mol. The first kappa shape index (κ1) is 24.5. The van der Waals surface area contributed by atoms with E-state index in [1.165, 1.54) is 0 Å². The van der Waals surface area contributed by atoms with Crippen LogP contribution >= 0.6 is 0 Å². The minimum atomic E-state index is -5.08. The Morgan fingerprint density at radius 1 is 1.12 bits per heavy atom. The van der Waals surface area contributed by atoms with E-state index in [4.69, 9.17) is 14.6 Å². The van der Waals surface area contributed by atoms with Gasteiger partial charge in [-0.2, -0.15) is 13.2 Å². The molecule has 0 fully saturated rings. The van der Waals surface area contributed by atoms with Crippen LogP contribution in [-0.4, -0.2) is 44.0 Å². The Balaban J connectivity index is 0.000000451. The van der Waals surface area contributed by atoms with Gasteiger partial charge in [0.05, 0.1) is 29.4 Å². The van der Waals surface area contributed by atoms with Gasteiger partial charge in [-0.3, -0.25) is 0 Å². The number of imidazole rings is 1. The maximum Gasteiger partial charge on any atom is 0.490 e. The van der Waals surface area contributed by atoms with Crippen molar-refractivity contribution in [1.82, 2.24) is 9.55 Å². The molecule has 3 aromatic rings. The maximum atomic E-state index is 11.5. The molecule has 3 rings (SSSR count). The molecule has 172 valence electrons. The van der Waals surface area contributed by atoms with Gasteiger partial charge >= 0.3 is 18.1 Å². The van der Waals surface area contributed by atoms with Crippen LogP contribution in [0.5, 0.6) is 5.75 Å². The van der Waals surface area contributed by atoms with Crippen LogP contribution in [0.4, 0.5) is 18.9 Å². The Hall–Kier alpha value is -3.76. The van der Waals surface area contributed by atoms with Crippen LogP contribution < -0.4 is 10.1 Å². The zero-order valence-electron chi connectivity index (χ0n) is 17.5. The minimum absolute atomic E-state index is 0.128. The number of nitrogens with zero attached hydrogens (tertiary/aromatic N) is 2. The molecule has 1 heterocycles. The van der Waals surface area contributed by atoms with E-state index >= 15 is 0 Å². The minimum Gasteiger partial charge on any atom is -0.488 e. The number of carboxylic acid groups (broad SMARTS) is 2. The number of hydrogen-bond acceptors (Lipinski definition) is 5. The fourth-order valence-corrected chi connectivity index (χ4v) is 2.74. The van der Waals surface area contributed by atoms with E-state index in [-0.39, 0.29) is 11.7 Å². The van der Waals surface area contributed by atoms with Crippen molar-refractivity contribution in [3.63, 3.8) is 0 Å². The number of hydrogen-bond donors (Lipinski definition) is 3. The van der Waals surface area contributed by atoms with Gasteiger partial charge in [0.15, 0.2) is 5.75 Å². The molecule has 0 aliphatic rings. The number of aromatic nitrogens is 2. The lowest BCUT2D eigenvalue weighted by molar-refractivity contribution is -0.192. The Labute approximate surface area is 181 Å². The van der Waals surface area contributed by atoms with Crippen LogP contribution in [0.1, 0.15) is 30.0 Å². The first-order chi connectivity index (χ1) is 14.9. The molecule has 0 amide bonds. The van der Waals surface area contributed by atoms with Crippen LogP contribution in [0.15, 0.2) is 42.5 Å². The van der Waals surface area contributed by atoms with Gasteiger partial charge in [-0.15, -0.1) is 0 Å². The number of carbonyl (C=O) groups is 2. The number of nitrogens with one attached hydrogen (secondary N) is 1. The molecule has 0 bridgehead atoms. The molecule has 8 nitrogen and oxygen atoms in total. The summed E-state index contributed by atoms with van der Waals surface area (Å²) in [5.74, 6) is -2.56. The van der Waals surface area contributed by atoms with E-state index in [0.717, 1.165) is 16.9 Å². The predicted molar refractivity (Wildman–Crippen MR) is 111 cm³/mol. The number of carboxylic acids is 2. The third-order valence-corrected chi connectivity index (χ3v) is 4.16. The lowest BCUT2D eigenvalue weighted by Crippen LogP contribution is -2.21. The van der Waals surface area contributed by atoms with Crippen LogP contribution in [0.3, 0.4) is 0 Å². The number of para-hydroxylation sites is 3. The highest BCUT2D eigenvalue weighted by Crippen LogP contribution is 2.30. The summed E-state index contributed by atoms with van der Waals surface area (Å²) >= 11 is 0. The van der Waals surface area contributed by atoms with Crippen molar-refractivity contribution in [2.75, 3.05) is 5.32 Å². The topological polar surface area (TPSA) is 114 Å². The van der Waals surface area contributed by atoms with Gasteiger partial charge in [0, 0.05) is 7.05 Å². The largest absolute Gasteiger partial charge is 0.490 e. The SMILES string of the molecule is CC(C)Oc1c(NCc2nc3ccccc3n2C)cccc1C(=O)O.O=C(O)C(F)(F)F. The van der Waals surface area contributed by atoms with Crippen LogP contribution in [0, 0.1) is 0 Å². The second kappa shape index (κ2) is 10.0. The highest BCUT2D eigenvalue weighted by Gasteiger charge is 2.38. The quantitative estimate of drug-likeness (QED) is 0.510. The normalized spacial score (nSPS) is 11.1. The summed E-state index contributed by atoms with van der Waals surface area (Å²) < 4.78 is 39.5. The first-order valence-electron chi connectivity index (χ1n) is 9.39. The van der Waals surface area contributed by atoms with Crippen molar-refractivity contribution in [2.45, 2.75) is 32.7 Å². The number of aliphatic carboxylic acids is 1. The van der Waals surface area contributed by atoms with Gasteiger partial charge in [-0.05, 0) is 38.1 Å². The Bertz CT molecular complexity index is 1110. The molecular formula is C21H22F3N3O5. The molecule has 0 atom stereocenters. The van der Waals surface area contributed by atoms with E-state index in [9.17, 15) is 23.1 Å². The fraction of sp³-hybridized carbons (Fsp3) is 0.286. The van der Waals surface area contributed by atoms with Gasteiger partial charge in [0.2, 0.25) is 0 Å². The smallest absolute Gasteiger partial charge is 0.488 e. The summed E-state index contributed by atoms with van der Waals surface area (Å²) in [5.41, 5.74) is 2.77. The van der Waals surface area contributed by atoms with Crippen molar-refractivity contribution in [2.24, 2.45) is 7.05 Å². The number of fused-ring (bicyclic) bond motifs is 1. The van der Waals surface area contributed by atoms with Crippen molar-refractivity contribution in [3.8, 4) is 5.75 Å². The average molecular weight is 453 g/mol. The lowest BCUT2D eigenvalue weighted by Gasteiger charge is -2.17. The molecule has 1 aromatic heterocycles. The summed E-state index contributed by atoms with van der Waals surface area (Å²) in [7, 11) is 1.96. The van der Waals surface area contributed by atoms with Crippen LogP contribution in [-0.2, 0) is 18.4 Å². The van der Waals surface area contributed by atoms with Crippen LogP contribution in [0.25, 0.3) is 11.0 Å². The van der Waals surface area contributed by atoms with Gasteiger partial charge in [-0.1, -0.05) is 18.2 Å². The van der Waals surface area contributed by atoms with E-state index < -0.39 is 18.1 Å². The Kier molecular flexibility index (Phi) is 7.68. The highest BCUT2D eigenvalue weighted by atomic mass is 19.4. The van der Waals surface area contributed by atoms with Crippen molar-refractivity contribution >= 4 is 28.7 Å². The fourth-order valence-electron chi connectivity index (χ4n) is 2.74. The molecule has 2 aromatic carbocycles. The maximum absolute atomic E-state index is 11.5. The Morgan fingerprint density at radius 2 is 1.75 bits per heavy atom. The van der Waals surface area contributed by atoms with Gasteiger partial charge < -0.3 is 24.8 Å². The molecular weight excluding hydrogens is 431 g/mol. The summed E-state index contributed by atoms with van der Waals surface area (Å²) in [6.45, 7) is 4.20. The van der Waals surface area contributed by atoms with Gasteiger partial charge in [0.25, 0.3) is 0 Å². The predicted octanol–water partition coefficient (Wildman–Crippen LogP) is 4.30. The number of ether oxygens (including phenoxy) is 1. The third-order valence-electron chi connectivity index (χ3n) is 4.16. The molecule has 0 saturated heterocycles. The number of halogens is 3. The molecule has 0 spiro atoms. The third kappa shape index (κ3) is 6.13. The number of rotatable bonds is 6. The zero-order valence-corrected chi connectivity index (χ0v) is 17.5.